The topological polar surface area (TPSA) is 230 Å². The number of aromatic nitrogens is 1. The van der Waals surface area contributed by atoms with Gasteiger partial charge in [-0.25, -0.2) is 4.79 Å². The quantitative estimate of drug-likeness (QED) is 0.136. The fourth-order valence-corrected chi connectivity index (χ4v) is 4.06. The summed E-state index contributed by atoms with van der Waals surface area (Å²) in [5.74, 6) is -4.66. The molecule has 0 saturated heterocycles. The molecule has 3 rings (SSSR count). The Morgan fingerprint density at radius 1 is 0.850 bits per heavy atom. The highest BCUT2D eigenvalue weighted by Gasteiger charge is 2.31. The summed E-state index contributed by atoms with van der Waals surface area (Å²) in [7, 11) is 0. The standard InChI is InChI=1S/C27H32N6O7/c1-14(28)24(36)31-20(11-16-13-30-19-5-3-2-4-18(16)19)25(37)32-21(12-23(29)35)26(38)33-22(27(39)40)10-15-6-8-17(34)9-7-15/h2-9,13-14,20-22,30,34H,10-12,28H2,1H3,(H2,29,35)(H,31,36)(H,32,37)(H,33,38)(H,39,40). The Balaban J connectivity index is 1.80. The third-order valence-electron chi connectivity index (χ3n) is 6.17. The lowest BCUT2D eigenvalue weighted by molar-refractivity contribution is -0.142. The van der Waals surface area contributed by atoms with E-state index in [1.54, 1.807) is 6.20 Å². The number of benzene rings is 2. The van der Waals surface area contributed by atoms with Gasteiger partial charge >= 0.3 is 5.97 Å². The lowest BCUT2D eigenvalue weighted by atomic mass is 10.0. The summed E-state index contributed by atoms with van der Waals surface area (Å²) in [5, 5.41) is 27.2. The molecule has 2 aromatic carbocycles. The molecule has 10 N–H and O–H groups in total. The Morgan fingerprint density at radius 3 is 2.08 bits per heavy atom. The first kappa shape index (κ1) is 29.6. The summed E-state index contributed by atoms with van der Waals surface area (Å²) in [4.78, 5) is 65.5. The predicted molar refractivity (Wildman–Crippen MR) is 145 cm³/mol. The van der Waals surface area contributed by atoms with Gasteiger partial charge in [0.05, 0.1) is 12.5 Å². The molecule has 0 spiro atoms. The summed E-state index contributed by atoms with van der Waals surface area (Å²) in [5.41, 5.74) is 13.0. The van der Waals surface area contributed by atoms with Crippen molar-refractivity contribution in [3.63, 3.8) is 0 Å². The Kier molecular flexibility index (Phi) is 9.81. The molecule has 4 atom stereocenters. The fraction of sp³-hybridized carbons (Fsp3) is 0.296. The van der Waals surface area contributed by atoms with Crippen LogP contribution in [0.1, 0.15) is 24.5 Å². The number of primary amides is 1. The Hall–Kier alpha value is -4.91. The van der Waals surface area contributed by atoms with Crippen LogP contribution in [0.2, 0.25) is 0 Å². The van der Waals surface area contributed by atoms with E-state index in [1.165, 1.54) is 31.2 Å². The number of carbonyl (C=O) groups is 5. The van der Waals surface area contributed by atoms with Crippen molar-refractivity contribution in [2.45, 2.75) is 50.4 Å². The number of phenolic OH excluding ortho intramolecular Hbond substituents is 1. The minimum Gasteiger partial charge on any atom is -0.508 e. The molecular weight excluding hydrogens is 520 g/mol. The van der Waals surface area contributed by atoms with E-state index in [0.29, 0.717) is 11.1 Å². The molecule has 0 aliphatic heterocycles. The number of H-pyrrole nitrogens is 1. The SMILES string of the molecule is CC(N)C(=O)NC(Cc1c[nH]c2ccccc12)C(=O)NC(CC(N)=O)C(=O)NC(Cc1ccc(O)cc1)C(=O)O. The van der Waals surface area contributed by atoms with Gasteiger partial charge < -0.3 is 42.6 Å². The minimum atomic E-state index is -1.52. The van der Waals surface area contributed by atoms with Gasteiger partial charge in [0.1, 0.15) is 23.9 Å². The second-order valence-electron chi connectivity index (χ2n) is 9.42. The van der Waals surface area contributed by atoms with Crippen LogP contribution in [0.5, 0.6) is 5.75 Å². The fourth-order valence-electron chi connectivity index (χ4n) is 4.06. The Labute approximate surface area is 229 Å². The van der Waals surface area contributed by atoms with Gasteiger partial charge in [0.15, 0.2) is 0 Å². The zero-order chi connectivity index (χ0) is 29.4. The molecule has 1 aromatic heterocycles. The number of aromatic hydroxyl groups is 1. The van der Waals surface area contributed by atoms with Crippen molar-refractivity contribution >= 4 is 40.5 Å². The first-order chi connectivity index (χ1) is 18.9. The van der Waals surface area contributed by atoms with E-state index in [-0.39, 0.29) is 18.6 Å². The van der Waals surface area contributed by atoms with Gasteiger partial charge in [-0.1, -0.05) is 30.3 Å². The van der Waals surface area contributed by atoms with Crippen LogP contribution in [0.25, 0.3) is 10.9 Å². The van der Waals surface area contributed by atoms with Gasteiger partial charge in [-0.15, -0.1) is 0 Å². The number of nitrogens with two attached hydrogens (primary N) is 2. The normalized spacial score (nSPS) is 13.9. The van der Waals surface area contributed by atoms with Crippen LogP contribution >= 0.6 is 0 Å². The molecule has 13 nitrogen and oxygen atoms in total. The Bertz CT molecular complexity index is 1390. The predicted octanol–water partition coefficient (Wildman–Crippen LogP) is -0.580. The van der Waals surface area contributed by atoms with Crippen molar-refractivity contribution in [1.29, 1.82) is 0 Å². The van der Waals surface area contributed by atoms with Gasteiger partial charge in [-0.2, -0.15) is 0 Å². The highest BCUT2D eigenvalue weighted by Crippen LogP contribution is 2.19. The van der Waals surface area contributed by atoms with E-state index in [4.69, 9.17) is 11.5 Å². The van der Waals surface area contributed by atoms with Crippen LogP contribution in [-0.4, -0.2) is 69.0 Å². The number of para-hydroxylation sites is 1. The van der Waals surface area contributed by atoms with Gasteiger partial charge in [-0.05, 0) is 36.2 Å². The third-order valence-corrected chi connectivity index (χ3v) is 6.17. The van der Waals surface area contributed by atoms with Crippen LogP contribution in [0.15, 0.2) is 54.7 Å². The lowest BCUT2D eigenvalue weighted by Crippen LogP contribution is -2.58. The van der Waals surface area contributed by atoms with E-state index in [0.717, 1.165) is 10.9 Å². The van der Waals surface area contributed by atoms with Gasteiger partial charge in [-0.3, -0.25) is 19.2 Å². The highest BCUT2D eigenvalue weighted by atomic mass is 16.4. The van der Waals surface area contributed by atoms with Crippen LogP contribution in [0.4, 0.5) is 0 Å². The zero-order valence-electron chi connectivity index (χ0n) is 21.7. The number of aromatic amines is 1. The van der Waals surface area contributed by atoms with Crippen molar-refractivity contribution in [1.82, 2.24) is 20.9 Å². The molecule has 3 aromatic rings. The first-order valence-corrected chi connectivity index (χ1v) is 12.4. The molecule has 0 radical (unpaired) electrons. The van der Waals surface area contributed by atoms with Crippen molar-refractivity contribution in [3.05, 3.63) is 65.9 Å². The molecule has 0 aliphatic rings. The molecule has 13 heteroatoms. The number of carboxylic acid groups (broad SMARTS) is 1. The zero-order valence-corrected chi connectivity index (χ0v) is 21.7. The highest BCUT2D eigenvalue weighted by molar-refractivity contribution is 5.96. The largest absolute Gasteiger partial charge is 0.508 e. The summed E-state index contributed by atoms with van der Waals surface area (Å²) in [6, 6.07) is 8.02. The minimum absolute atomic E-state index is 0.0118. The summed E-state index contributed by atoms with van der Waals surface area (Å²) in [6.45, 7) is 1.44. The average Bonchev–Trinajstić information content (AvgIpc) is 3.30. The first-order valence-electron chi connectivity index (χ1n) is 12.4. The van der Waals surface area contributed by atoms with Gasteiger partial charge in [0, 0.05) is 29.9 Å². The molecule has 212 valence electrons. The number of phenols is 1. The lowest BCUT2D eigenvalue weighted by Gasteiger charge is -2.24. The molecular formula is C27H32N6O7. The molecule has 4 amide bonds. The smallest absolute Gasteiger partial charge is 0.326 e. The van der Waals surface area contributed by atoms with Crippen molar-refractivity contribution in [3.8, 4) is 5.75 Å². The monoisotopic (exact) mass is 552 g/mol. The van der Waals surface area contributed by atoms with Crippen LogP contribution in [-0.2, 0) is 36.8 Å². The second kappa shape index (κ2) is 13.2. The number of fused-ring (bicyclic) bond motifs is 1. The molecule has 0 bridgehead atoms. The second-order valence-corrected chi connectivity index (χ2v) is 9.42. The molecule has 0 fully saturated rings. The van der Waals surface area contributed by atoms with E-state index < -0.39 is 60.2 Å². The number of carbonyl (C=O) groups excluding carboxylic acids is 4. The van der Waals surface area contributed by atoms with E-state index in [2.05, 4.69) is 20.9 Å². The van der Waals surface area contributed by atoms with Crippen molar-refractivity contribution < 1.29 is 34.2 Å². The maximum Gasteiger partial charge on any atom is 0.326 e. The third kappa shape index (κ3) is 8.04. The number of nitrogens with one attached hydrogen (secondary N) is 4. The summed E-state index contributed by atoms with van der Waals surface area (Å²) >= 11 is 0. The Morgan fingerprint density at radius 2 is 1.45 bits per heavy atom. The molecule has 4 unspecified atom stereocenters. The average molecular weight is 553 g/mol. The number of rotatable bonds is 13. The molecule has 40 heavy (non-hydrogen) atoms. The van der Waals surface area contributed by atoms with Gasteiger partial charge in [0.25, 0.3) is 0 Å². The number of hydrogen-bond acceptors (Lipinski definition) is 7. The number of hydrogen-bond donors (Lipinski definition) is 8. The number of carboxylic acids is 1. The number of aliphatic carboxylic acids is 1. The summed E-state index contributed by atoms with van der Waals surface area (Å²) in [6.07, 6.45) is 0.964. The van der Waals surface area contributed by atoms with Crippen molar-refractivity contribution in [2.24, 2.45) is 11.5 Å². The van der Waals surface area contributed by atoms with E-state index in [9.17, 15) is 34.2 Å². The number of amides is 4. The van der Waals surface area contributed by atoms with Crippen LogP contribution < -0.4 is 27.4 Å². The van der Waals surface area contributed by atoms with E-state index in [1.807, 2.05) is 24.3 Å². The maximum atomic E-state index is 13.4. The molecule has 0 aliphatic carbocycles. The molecule has 1 heterocycles. The summed E-state index contributed by atoms with van der Waals surface area (Å²) < 4.78 is 0. The van der Waals surface area contributed by atoms with Crippen LogP contribution in [0.3, 0.4) is 0 Å². The van der Waals surface area contributed by atoms with Crippen molar-refractivity contribution in [2.75, 3.05) is 0 Å². The van der Waals surface area contributed by atoms with Gasteiger partial charge in [0.2, 0.25) is 23.6 Å². The molecule has 0 saturated carbocycles. The maximum absolute atomic E-state index is 13.4. The van der Waals surface area contributed by atoms with Crippen LogP contribution in [0, 0.1) is 0 Å². The van der Waals surface area contributed by atoms with E-state index >= 15 is 0 Å².